The molecule has 0 aliphatic carbocycles. The van der Waals surface area contributed by atoms with Crippen LogP contribution < -0.4 is 14.4 Å². The van der Waals surface area contributed by atoms with E-state index in [1.54, 1.807) is 24.3 Å². The predicted molar refractivity (Wildman–Crippen MR) is 164 cm³/mol. The van der Waals surface area contributed by atoms with Crippen molar-refractivity contribution < 1.29 is 22.7 Å². The van der Waals surface area contributed by atoms with E-state index in [0.717, 1.165) is 15.4 Å². The van der Waals surface area contributed by atoms with E-state index in [9.17, 15) is 18.0 Å². The van der Waals surface area contributed by atoms with E-state index < -0.39 is 28.5 Å². The van der Waals surface area contributed by atoms with Gasteiger partial charge in [-0.05, 0) is 59.7 Å². The van der Waals surface area contributed by atoms with Crippen molar-refractivity contribution in [2.45, 2.75) is 23.9 Å². The molecule has 0 unspecified atom stereocenters. The van der Waals surface area contributed by atoms with Crippen LogP contribution in [0.5, 0.6) is 5.75 Å². The SMILES string of the molecule is CNC(=O)[C@H](Cc1ccccc1)N(Cc1ccccc1)C(=O)CN(c1ccc(Cl)cc1)S(=O)(=O)c1ccc(OC)cc1. The number of anilines is 1. The number of methoxy groups -OCH3 is 1. The fraction of sp³-hybridized carbons (Fsp3) is 0.188. The molecule has 0 saturated carbocycles. The van der Waals surface area contributed by atoms with Crippen LogP contribution in [0.4, 0.5) is 5.69 Å². The van der Waals surface area contributed by atoms with Crippen LogP contribution in [-0.2, 0) is 32.6 Å². The number of halogens is 1. The topological polar surface area (TPSA) is 96.0 Å². The maximum Gasteiger partial charge on any atom is 0.264 e. The van der Waals surface area contributed by atoms with E-state index in [-0.39, 0.29) is 29.5 Å². The summed E-state index contributed by atoms with van der Waals surface area (Å²) in [6, 6.07) is 29.9. The molecule has 0 bridgehead atoms. The molecular weight excluding hydrogens is 574 g/mol. The highest BCUT2D eigenvalue weighted by atomic mass is 35.5. The van der Waals surface area contributed by atoms with Gasteiger partial charge < -0.3 is 15.0 Å². The van der Waals surface area contributed by atoms with E-state index in [0.29, 0.717) is 10.8 Å². The van der Waals surface area contributed by atoms with Gasteiger partial charge in [-0.1, -0.05) is 72.3 Å². The molecular formula is C32H32ClN3O5S. The lowest BCUT2D eigenvalue weighted by atomic mass is 10.0. The van der Waals surface area contributed by atoms with Crippen LogP contribution in [0.1, 0.15) is 11.1 Å². The number of hydrogen-bond acceptors (Lipinski definition) is 5. The molecule has 218 valence electrons. The fourth-order valence-corrected chi connectivity index (χ4v) is 6.05. The molecule has 2 amide bonds. The largest absolute Gasteiger partial charge is 0.497 e. The first kappa shape index (κ1) is 30.6. The highest BCUT2D eigenvalue weighted by Crippen LogP contribution is 2.27. The normalized spacial score (nSPS) is 11.8. The summed E-state index contributed by atoms with van der Waals surface area (Å²) in [6.07, 6.45) is 0.241. The van der Waals surface area contributed by atoms with Crippen molar-refractivity contribution in [2.75, 3.05) is 25.0 Å². The molecule has 0 fully saturated rings. The second-order valence-electron chi connectivity index (χ2n) is 9.49. The average Bonchev–Trinajstić information content (AvgIpc) is 3.02. The molecule has 0 aliphatic rings. The molecule has 8 nitrogen and oxygen atoms in total. The van der Waals surface area contributed by atoms with Crippen molar-refractivity contribution in [3.63, 3.8) is 0 Å². The summed E-state index contributed by atoms with van der Waals surface area (Å²) >= 11 is 6.10. The summed E-state index contributed by atoms with van der Waals surface area (Å²) in [5.41, 5.74) is 1.91. The predicted octanol–water partition coefficient (Wildman–Crippen LogP) is 4.93. The molecule has 0 radical (unpaired) electrons. The first-order valence-corrected chi connectivity index (χ1v) is 15.1. The third-order valence-corrected chi connectivity index (χ3v) is 8.79. The van der Waals surface area contributed by atoms with Gasteiger partial charge in [0.2, 0.25) is 11.8 Å². The number of rotatable bonds is 12. The highest BCUT2D eigenvalue weighted by Gasteiger charge is 2.34. The minimum atomic E-state index is -4.22. The molecule has 0 saturated heterocycles. The quantitative estimate of drug-likeness (QED) is 0.247. The van der Waals surface area contributed by atoms with Gasteiger partial charge in [0, 0.05) is 25.0 Å². The van der Waals surface area contributed by atoms with E-state index in [1.807, 2.05) is 60.7 Å². The highest BCUT2D eigenvalue weighted by molar-refractivity contribution is 7.92. The Kier molecular flexibility index (Phi) is 10.2. The Labute approximate surface area is 251 Å². The van der Waals surface area contributed by atoms with Gasteiger partial charge in [0.05, 0.1) is 17.7 Å². The lowest BCUT2D eigenvalue weighted by molar-refractivity contribution is -0.139. The molecule has 1 N–H and O–H groups in total. The van der Waals surface area contributed by atoms with Crippen LogP contribution in [0.2, 0.25) is 5.02 Å². The van der Waals surface area contributed by atoms with E-state index >= 15 is 0 Å². The number of nitrogens with one attached hydrogen (secondary N) is 1. The number of nitrogens with zero attached hydrogens (tertiary/aromatic N) is 2. The van der Waals surface area contributed by atoms with Crippen molar-refractivity contribution in [3.05, 3.63) is 125 Å². The van der Waals surface area contributed by atoms with Gasteiger partial charge in [0.1, 0.15) is 18.3 Å². The van der Waals surface area contributed by atoms with E-state index in [4.69, 9.17) is 16.3 Å². The van der Waals surface area contributed by atoms with Crippen LogP contribution in [0.15, 0.2) is 114 Å². The van der Waals surface area contributed by atoms with Crippen molar-refractivity contribution >= 4 is 39.1 Å². The van der Waals surface area contributed by atoms with Gasteiger partial charge in [-0.3, -0.25) is 13.9 Å². The Morgan fingerprint density at radius 2 is 1.40 bits per heavy atom. The second-order valence-corrected chi connectivity index (χ2v) is 11.8. The number of carbonyl (C=O) groups excluding carboxylic acids is 2. The minimum absolute atomic E-state index is 0.0206. The van der Waals surface area contributed by atoms with Crippen molar-refractivity contribution in [3.8, 4) is 5.75 Å². The summed E-state index contributed by atoms with van der Waals surface area (Å²) in [6.45, 7) is -0.452. The summed E-state index contributed by atoms with van der Waals surface area (Å²) < 4.78 is 34.2. The van der Waals surface area contributed by atoms with Crippen LogP contribution in [-0.4, -0.2) is 51.9 Å². The Balaban J connectivity index is 1.76. The average molecular weight is 606 g/mol. The number of benzene rings is 4. The maximum absolute atomic E-state index is 14.2. The molecule has 0 aromatic heterocycles. The lowest BCUT2D eigenvalue weighted by Gasteiger charge is -2.33. The number of likely N-dealkylation sites (N-methyl/N-ethyl adjacent to an activating group) is 1. The Bertz CT molecular complexity index is 1580. The molecule has 4 aromatic rings. The Hall–Kier alpha value is -4.34. The van der Waals surface area contributed by atoms with Gasteiger partial charge in [-0.2, -0.15) is 0 Å². The first-order valence-electron chi connectivity index (χ1n) is 13.2. The molecule has 4 rings (SSSR count). The zero-order valence-corrected chi connectivity index (χ0v) is 24.9. The van der Waals surface area contributed by atoms with Gasteiger partial charge >= 0.3 is 0 Å². The Morgan fingerprint density at radius 1 is 0.833 bits per heavy atom. The van der Waals surface area contributed by atoms with Gasteiger partial charge in [-0.15, -0.1) is 0 Å². The van der Waals surface area contributed by atoms with Crippen LogP contribution >= 0.6 is 11.6 Å². The summed E-state index contributed by atoms with van der Waals surface area (Å²) in [5.74, 6) is -0.416. The smallest absolute Gasteiger partial charge is 0.264 e. The van der Waals surface area contributed by atoms with Gasteiger partial charge in [0.15, 0.2) is 0 Å². The summed E-state index contributed by atoms with van der Waals surface area (Å²) in [4.78, 5) is 28.9. The van der Waals surface area contributed by atoms with Crippen LogP contribution in [0.3, 0.4) is 0 Å². The zero-order chi connectivity index (χ0) is 30.1. The monoisotopic (exact) mass is 605 g/mol. The minimum Gasteiger partial charge on any atom is -0.497 e. The fourth-order valence-electron chi connectivity index (χ4n) is 4.51. The Morgan fingerprint density at radius 3 is 1.95 bits per heavy atom. The number of carbonyl (C=O) groups is 2. The molecule has 1 atom stereocenters. The summed E-state index contributed by atoms with van der Waals surface area (Å²) in [7, 11) is -1.22. The van der Waals surface area contributed by atoms with E-state index in [1.165, 1.54) is 43.3 Å². The van der Waals surface area contributed by atoms with Gasteiger partial charge in [0.25, 0.3) is 10.0 Å². The molecule has 0 aliphatic heterocycles. The second kappa shape index (κ2) is 14.0. The molecule has 42 heavy (non-hydrogen) atoms. The summed E-state index contributed by atoms with van der Waals surface area (Å²) in [5, 5.41) is 3.09. The first-order chi connectivity index (χ1) is 20.2. The molecule has 0 spiro atoms. The number of sulfonamides is 1. The molecule has 0 heterocycles. The van der Waals surface area contributed by atoms with Crippen molar-refractivity contribution in [1.29, 1.82) is 0 Å². The zero-order valence-electron chi connectivity index (χ0n) is 23.3. The van der Waals surface area contributed by atoms with Crippen LogP contribution in [0.25, 0.3) is 0 Å². The molecule has 10 heteroatoms. The lowest BCUT2D eigenvalue weighted by Crippen LogP contribution is -2.53. The van der Waals surface area contributed by atoms with Crippen LogP contribution in [0, 0.1) is 0 Å². The maximum atomic E-state index is 14.2. The number of ether oxygens (including phenoxy) is 1. The number of hydrogen-bond donors (Lipinski definition) is 1. The standard InChI is InChI=1S/C32H32ClN3O5S/c1-34-32(38)30(21-24-9-5-3-6-10-24)35(22-25-11-7-4-8-12-25)31(37)23-36(27-15-13-26(33)14-16-27)42(39,40)29-19-17-28(41-2)18-20-29/h3-20,30H,21-23H2,1-2H3,(H,34,38)/t30-/m0/s1. The van der Waals surface area contributed by atoms with Crippen molar-refractivity contribution in [1.82, 2.24) is 10.2 Å². The molecule has 4 aromatic carbocycles. The van der Waals surface area contributed by atoms with Crippen molar-refractivity contribution in [2.24, 2.45) is 0 Å². The van der Waals surface area contributed by atoms with E-state index in [2.05, 4.69) is 5.32 Å². The third-order valence-electron chi connectivity index (χ3n) is 6.75. The van der Waals surface area contributed by atoms with Gasteiger partial charge in [-0.25, -0.2) is 8.42 Å². The third kappa shape index (κ3) is 7.48. The number of amides is 2.